The largest absolute Gasteiger partial charge is 0.497 e. The second-order valence-electron chi connectivity index (χ2n) is 6.32. The molecule has 1 atom stereocenters. The summed E-state index contributed by atoms with van der Waals surface area (Å²) in [4.78, 5) is 40.5. The SMILES string of the molecule is CCOC(=O)c1c(C)[nH]c(C(=O)[C@@H](C)OC(=O)c2cc(OC)ccc2OC)c1C. The average molecular weight is 403 g/mol. The van der Waals surface area contributed by atoms with Gasteiger partial charge in [-0.25, -0.2) is 9.59 Å². The summed E-state index contributed by atoms with van der Waals surface area (Å²) in [6.45, 7) is 6.71. The van der Waals surface area contributed by atoms with Gasteiger partial charge in [0.25, 0.3) is 0 Å². The van der Waals surface area contributed by atoms with E-state index < -0.39 is 23.8 Å². The van der Waals surface area contributed by atoms with Crippen molar-refractivity contribution >= 4 is 17.7 Å². The maximum Gasteiger partial charge on any atom is 0.342 e. The molecule has 8 heteroatoms. The summed E-state index contributed by atoms with van der Waals surface area (Å²) < 4.78 is 20.7. The second-order valence-corrected chi connectivity index (χ2v) is 6.32. The van der Waals surface area contributed by atoms with Gasteiger partial charge in [-0.3, -0.25) is 4.79 Å². The van der Waals surface area contributed by atoms with Gasteiger partial charge in [0.2, 0.25) is 5.78 Å². The monoisotopic (exact) mass is 403 g/mol. The zero-order valence-corrected chi connectivity index (χ0v) is 17.4. The topological polar surface area (TPSA) is 104 Å². The summed E-state index contributed by atoms with van der Waals surface area (Å²) in [5.41, 5.74) is 1.61. The van der Waals surface area contributed by atoms with Crippen LogP contribution in [0, 0.1) is 13.8 Å². The lowest BCUT2D eigenvalue weighted by Gasteiger charge is -2.14. The van der Waals surface area contributed by atoms with Crippen LogP contribution in [0.2, 0.25) is 0 Å². The predicted octanol–water partition coefficient (Wildman–Crippen LogP) is 3.25. The minimum Gasteiger partial charge on any atom is -0.497 e. The number of ether oxygens (including phenoxy) is 4. The molecule has 0 saturated heterocycles. The van der Waals surface area contributed by atoms with Gasteiger partial charge in [-0.2, -0.15) is 0 Å². The molecule has 29 heavy (non-hydrogen) atoms. The lowest BCUT2D eigenvalue weighted by atomic mass is 10.1. The molecule has 1 aromatic carbocycles. The van der Waals surface area contributed by atoms with Crippen molar-refractivity contribution in [2.24, 2.45) is 0 Å². The Morgan fingerprint density at radius 2 is 1.76 bits per heavy atom. The first-order valence-corrected chi connectivity index (χ1v) is 9.08. The number of ketones is 1. The van der Waals surface area contributed by atoms with E-state index in [0.29, 0.717) is 28.3 Å². The number of rotatable bonds is 8. The smallest absolute Gasteiger partial charge is 0.342 e. The molecule has 2 rings (SSSR count). The number of esters is 2. The molecule has 0 bridgehead atoms. The van der Waals surface area contributed by atoms with Gasteiger partial charge in [0, 0.05) is 5.69 Å². The van der Waals surface area contributed by atoms with Crippen LogP contribution in [0.5, 0.6) is 11.5 Å². The summed E-state index contributed by atoms with van der Waals surface area (Å²) in [6.07, 6.45) is -1.09. The minimum atomic E-state index is -1.09. The highest BCUT2D eigenvalue weighted by atomic mass is 16.5. The molecule has 1 aromatic heterocycles. The van der Waals surface area contributed by atoms with Crippen molar-refractivity contribution in [3.63, 3.8) is 0 Å². The number of aromatic nitrogens is 1. The van der Waals surface area contributed by atoms with Crippen molar-refractivity contribution in [1.29, 1.82) is 0 Å². The maximum atomic E-state index is 12.8. The molecule has 0 fully saturated rings. The Morgan fingerprint density at radius 3 is 2.34 bits per heavy atom. The molecule has 1 N–H and O–H groups in total. The summed E-state index contributed by atoms with van der Waals surface area (Å²) in [5, 5.41) is 0. The number of Topliss-reactive ketones (excluding diaryl/α,β-unsaturated/α-hetero) is 1. The number of aryl methyl sites for hydroxylation is 1. The molecule has 0 aliphatic rings. The number of H-pyrrole nitrogens is 1. The minimum absolute atomic E-state index is 0.137. The standard InChI is InChI=1S/C21H25NO7/c1-7-28-21(25)17-11(2)18(22-12(17)3)19(23)13(4)29-20(24)15-10-14(26-5)8-9-16(15)27-6/h8-10,13,22H,7H2,1-6H3/t13-/m1/s1. The van der Waals surface area contributed by atoms with E-state index in [0.717, 1.165) is 0 Å². The van der Waals surface area contributed by atoms with E-state index in [1.807, 2.05) is 0 Å². The van der Waals surface area contributed by atoms with Crippen molar-refractivity contribution in [2.45, 2.75) is 33.8 Å². The molecular weight excluding hydrogens is 378 g/mol. The highest BCUT2D eigenvalue weighted by Gasteiger charge is 2.28. The first kappa shape index (κ1) is 22.0. The van der Waals surface area contributed by atoms with Gasteiger partial charge in [-0.05, 0) is 51.5 Å². The van der Waals surface area contributed by atoms with Crippen molar-refractivity contribution in [2.75, 3.05) is 20.8 Å². The maximum absolute atomic E-state index is 12.8. The lowest BCUT2D eigenvalue weighted by Crippen LogP contribution is -2.25. The Hall–Kier alpha value is -3.29. The molecule has 0 aliphatic carbocycles. The van der Waals surface area contributed by atoms with Crippen molar-refractivity contribution in [3.05, 3.63) is 46.3 Å². The first-order valence-electron chi connectivity index (χ1n) is 9.08. The van der Waals surface area contributed by atoms with E-state index in [9.17, 15) is 14.4 Å². The van der Waals surface area contributed by atoms with Gasteiger partial charge in [-0.15, -0.1) is 0 Å². The fourth-order valence-corrected chi connectivity index (χ4v) is 2.96. The van der Waals surface area contributed by atoms with Crippen LogP contribution in [-0.2, 0) is 9.47 Å². The molecule has 2 aromatic rings. The van der Waals surface area contributed by atoms with Gasteiger partial charge in [0.1, 0.15) is 17.1 Å². The van der Waals surface area contributed by atoms with Crippen LogP contribution in [0.25, 0.3) is 0 Å². The van der Waals surface area contributed by atoms with Crippen molar-refractivity contribution in [1.82, 2.24) is 4.98 Å². The number of benzene rings is 1. The number of carbonyl (C=O) groups excluding carboxylic acids is 3. The van der Waals surface area contributed by atoms with E-state index >= 15 is 0 Å². The lowest BCUT2D eigenvalue weighted by molar-refractivity contribution is 0.0313. The van der Waals surface area contributed by atoms with Crippen molar-refractivity contribution < 1.29 is 33.3 Å². The number of hydrogen-bond donors (Lipinski definition) is 1. The fraction of sp³-hybridized carbons (Fsp3) is 0.381. The Kier molecular flexibility index (Phi) is 7.03. The van der Waals surface area contributed by atoms with Crippen molar-refractivity contribution in [3.8, 4) is 11.5 Å². The fourth-order valence-electron chi connectivity index (χ4n) is 2.96. The van der Waals surface area contributed by atoms with E-state index in [4.69, 9.17) is 18.9 Å². The Labute approximate surface area is 169 Å². The molecule has 0 unspecified atom stereocenters. The van der Waals surface area contributed by atoms with E-state index in [1.165, 1.54) is 27.2 Å². The number of nitrogens with one attached hydrogen (secondary N) is 1. The third-order valence-corrected chi connectivity index (χ3v) is 4.44. The van der Waals surface area contributed by atoms with Crippen LogP contribution in [0.3, 0.4) is 0 Å². The highest BCUT2D eigenvalue weighted by molar-refractivity contribution is 6.04. The Balaban J connectivity index is 2.25. The molecular formula is C21H25NO7. The van der Waals surface area contributed by atoms with Gasteiger partial charge < -0.3 is 23.9 Å². The van der Waals surface area contributed by atoms with Crippen LogP contribution < -0.4 is 9.47 Å². The van der Waals surface area contributed by atoms with Gasteiger partial charge in [-0.1, -0.05) is 0 Å². The van der Waals surface area contributed by atoms with E-state index in [2.05, 4.69) is 4.98 Å². The molecule has 0 aliphatic heterocycles. The molecule has 0 radical (unpaired) electrons. The number of aromatic amines is 1. The quantitative estimate of drug-likeness (QED) is 0.533. The Bertz CT molecular complexity index is 929. The second kappa shape index (κ2) is 9.27. The van der Waals surface area contributed by atoms with E-state index in [-0.39, 0.29) is 17.9 Å². The summed E-state index contributed by atoms with van der Waals surface area (Å²) in [5.74, 6) is -0.952. The van der Waals surface area contributed by atoms with Gasteiger partial charge >= 0.3 is 11.9 Å². The number of hydrogen-bond acceptors (Lipinski definition) is 7. The number of methoxy groups -OCH3 is 2. The van der Waals surface area contributed by atoms with Crippen LogP contribution >= 0.6 is 0 Å². The summed E-state index contributed by atoms with van der Waals surface area (Å²) in [6, 6.07) is 4.69. The normalized spacial score (nSPS) is 11.5. The zero-order chi connectivity index (χ0) is 21.7. The first-order chi connectivity index (χ1) is 13.7. The number of carbonyl (C=O) groups is 3. The van der Waals surface area contributed by atoms with E-state index in [1.54, 1.807) is 32.9 Å². The molecule has 0 amide bonds. The van der Waals surface area contributed by atoms with Crippen LogP contribution in [-0.4, -0.2) is 49.6 Å². The van der Waals surface area contributed by atoms with Crippen LogP contribution in [0.1, 0.15) is 56.3 Å². The average Bonchev–Trinajstić information content (AvgIpc) is 3.00. The third kappa shape index (κ3) is 4.59. The highest BCUT2D eigenvalue weighted by Crippen LogP contribution is 2.26. The predicted molar refractivity (Wildman–Crippen MR) is 105 cm³/mol. The molecule has 0 spiro atoms. The molecule has 0 saturated carbocycles. The van der Waals surface area contributed by atoms with Gasteiger partial charge in [0.15, 0.2) is 6.10 Å². The van der Waals surface area contributed by atoms with Crippen LogP contribution in [0.15, 0.2) is 18.2 Å². The molecule has 8 nitrogen and oxygen atoms in total. The summed E-state index contributed by atoms with van der Waals surface area (Å²) >= 11 is 0. The summed E-state index contributed by atoms with van der Waals surface area (Å²) in [7, 11) is 2.90. The Morgan fingerprint density at radius 1 is 1.07 bits per heavy atom. The van der Waals surface area contributed by atoms with Gasteiger partial charge in [0.05, 0.1) is 32.1 Å². The molecule has 156 valence electrons. The van der Waals surface area contributed by atoms with Crippen LogP contribution in [0.4, 0.5) is 0 Å². The molecule has 1 heterocycles. The zero-order valence-electron chi connectivity index (χ0n) is 17.4. The third-order valence-electron chi connectivity index (χ3n) is 4.44.